The number of hydrogen-bond acceptors (Lipinski definition) is 2. The minimum atomic E-state index is 0.423. The molecule has 2 nitrogen and oxygen atoms in total. The molecule has 0 aromatic carbocycles. The molecule has 0 aliphatic rings. The highest BCUT2D eigenvalue weighted by molar-refractivity contribution is 4.73. The van der Waals surface area contributed by atoms with Crippen LogP contribution in [0.2, 0.25) is 0 Å². The van der Waals surface area contributed by atoms with E-state index >= 15 is 0 Å². The molecule has 0 bridgehead atoms. The molecule has 0 radical (unpaired) electrons. The van der Waals surface area contributed by atoms with Gasteiger partial charge in [-0.1, -0.05) is 41.5 Å². The van der Waals surface area contributed by atoms with Crippen molar-refractivity contribution in [1.82, 2.24) is 10.6 Å². The van der Waals surface area contributed by atoms with Crippen molar-refractivity contribution in [1.29, 1.82) is 0 Å². The lowest BCUT2D eigenvalue weighted by Gasteiger charge is -2.27. The molecule has 0 aliphatic heterocycles. The highest BCUT2D eigenvalue weighted by Crippen LogP contribution is 2.23. The molecule has 0 aliphatic carbocycles. The van der Waals surface area contributed by atoms with E-state index in [1.165, 1.54) is 6.42 Å². The Morgan fingerprint density at radius 2 is 1.60 bits per heavy atom. The SMILES string of the molecule is CC(C)CC(C)(C)CNCCNC(C)C. The summed E-state index contributed by atoms with van der Waals surface area (Å²) in [5, 5.41) is 6.93. The lowest BCUT2D eigenvalue weighted by molar-refractivity contribution is 0.273. The lowest BCUT2D eigenvalue weighted by atomic mass is 9.84. The summed E-state index contributed by atoms with van der Waals surface area (Å²) < 4.78 is 0. The highest BCUT2D eigenvalue weighted by atomic mass is 15.0. The molecule has 0 amide bonds. The Labute approximate surface area is 96.2 Å². The van der Waals surface area contributed by atoms with E-state index in [0.717, 1.165) is 25.6 Å². The third kappa shape index (κ3) is 10.2. The summed E-state index contributed by atoms with van der Waals surface area (Å²) in [7, 11) is 0. The second-order valence-corrected chi connectivity index (χ2v) is 6.05. The molecule has 0 aromatic heterocycles. The highest BCUT2D eigenvalue weighted by Gasteiger charge is 2.18. The van der Waals surface area contributed by atoms with Crippen molar-refractivity contribution in [2.24, 2.45) is 11.3 Å². The van der Waals surface area contributed by atoms with Crippen molar-refractivity contribution >= 4 is 0 Å². The van der Waals surface area contributed by atoms with Crippen molar-refractivity contribution in [2.75, 3.05) is 19.6 Å². The summed E-state index contributed by atoms with van der Waals surface area (Å²) in [5.41, 5.74) is 0.423. The van der Waals surface area contributed by atoms with Crippen LogP contribution in [0, 0.1) is 11.3 Å². The molecule has 0 fully saturated rings. The van der Waals surface area contributed by atoms with Crippen LogP contribution in [0.5, 0.6) is 0 Å². The summed E-state index contributed by atoms with van der Waals surface area (Å²) in [4.78, 5) is 0. The molecule has 15 heavy (non-hydrogen) atoms. The van der Waals surface area contributed by atoms with Gasteiger partial charge in [0.25, 0.3) is 0 Å². The van der Waals surface area contributed by atoms with Crippen molar-refractivity contribution in [3.05, 3.63) is 0 Å². The fourth-order valence-electron chi connectivity index (χ4n) is 2.05. The minimum absolute atomic E-state index is 0.423. The molecule has 92 valence electrons. The molecular weight excluding hydrogens is 184 g/mol. The summed E-state index contributed by atoms with van der Waals surface area (Å²) in [6, 6.07) is 0.593. The van der Waals surface area contributed by atoms with Crippen LogP contribution < -0.4 is 10.6 Å². The number of nitrogens with one attached hydrogen (secondary N) is 2. The maximum absolute atomic E-state index is 3.52. The van der Waals surface area contributed by atoms with E-state index in [2.05, 4.69) is 52.2 Å². The number of rotatable bonds is 8. The van der Waals surface area contributed by atoms with Gasteiger partial charge in [0.15, 0.2) is 0 Å². The first kappa shape index (κ1) is 14.9. The van der Waals surface area contributed by atoms with Crippen LogP contribution in [0.3, 0.4) is 0 Å². The summed E-state index contributed by atoms with van der Waals surface area (Å²) in [6.45, 7) is 16.9. The molecule has 2 N–H and O–H groups in total. The monoisotopic (exact) mass is 214 g/mol. The van der Waals surface area contributed by atoms with Gasteiger partial charge in [-0.2, -0.15) is 0 Å². The fourth-order valence-corrected chi connectivity index (χ4v) is 2.05. The Balaban J connectivity index is 3.48. The van der Waals surface area contributed by atoms with Crippen LogP contribution in [-0.4, -0.2) is 25.7 Å². The third-order valence-corrected chi connectivity index (χ3v) is 2.42. The molecule has 0 rings (SSSR count). The molecule has 0 saturated carbocycles. The maximum Gasteiger partial charge on any atom is 0.00790 e. The Hall–Kier alpha value is -0.0800. The van der Waals surface area contributed by atoms with Gasteiger partial charge in [-0.15, -0.1) is 0 Å². The van der Waals surface area contributed by atoms with Crippen molar-refractivity contribution in [3.63, 3.8) is 0 Å². The number of hydrogen-bond donors (Lipinski definition) is 2. The van der Waals surface area contributed by atoms with Gasteiger partial charge in [0.2, 0.25) is 0 Å². The van der Waals surface area contributed by atoms with E-state index in [4.69, 9.17) is 0 Å². The van der Waals surface area contributed by atoms with E-state index in [1.54, 1.807) is 0 Å². The van der Waals surface area contributed by atoms with Crippen LogP contribution in [-0.2, 0) is 0 Å². The molecule has 0 saturated heterocycles. The van der Waals surface area contributed by atoms with Gasteiger partial charge in [-0.05, 0) is 17.8 Å². The van der Waals surface area contributed by atoms with Crippen molar-refractivity contribution in [3.8, 4) is 0 Å². The van der Waals surface area contributed by atoms with E-state index in [0.29, 0.717) is 11.5 Å². The van der Waals surface area contributed by atoms with Crippen molar-refractivity contribution in [2.45, 2.75) is 54.0 Å². The zero-order valence-corrected chi connectivity index (χ0v) is 11.5. The van der Waals surface area contributed by atoms with E-state index in [1.807, 2.05) is 0 Å². The minimum Gasteiger partial charge on any atom is -0.315 e. The topological polar surface area (TPSA) is 24.1 Å². The van der Waals surface area contributed by atoms with E-state index in [9.17, 15) is 0 Å². The van der Waals surface area contributed by atoms with Gasteiger partial charge < -0.3 is 10.6 Å². The lowest BCUT2D eigenvalue weighted by Crippen LogP contribution is -2.36. The normalized spacial score (nSPS) is 12.8. The Bertz CT molecular complexity index is 151. The van der Waals surface area contributed by atoms with Crippen LogP contribution in [0.1, 0.15) is 48.0 Å². The predicted octanol–water partition coefficient (Wildman–Crippen LogP) is 2.65. The average molecular weight is 214 g/mol. The zero-order valence-electron chi connectivity index (χ0n) is 11.5. The van der Waals surface area contributed by atoms with Gasteiger partial charge in [0.05, 0.1) is 0 Å². The summed E-state index contributed by atoms with van der Waals surface area (Å²) >= 11 is 0. The average Bonchev–Trinajstić information content (AvgIpc) is 1.99. The predicted molar refractivity (Wildman–Crippen MR) is 69.2 cm³/mol. The summed E-state index contributed by atoms with van der Waals surface area (Å²) in [6.07, 6.45) is 1.29. The first-order chi connectivity index (χ1) is 6.83. The van der Waals surface area contributed by atoms with Crippen molar-refractivity contribution < 1.29 is 0 Å². The molecule has 0 aromatic rings. The van der Waals surface area contributed by atoms with Gasteiger partial charge in [0.1, 0.15) is 0 Å². The van der Waals surface area contributed by atoms with E-state index in [-0.39, 0.29) is 0 Å². The molecule has 0 atom stereocenters. The standard InChI is InChI=1S/C13H30N2/c1-11(2)9-13(5,6)10-14-7-8-15-12(3)4/h11-12,14-15H,7-10H2,1-6H3. The Kier molecular flexibility index (Phi) is 7.20. The Morgan fingerprint density at radius 3 is 2.07 bits per heavy atom. The quantitative estimate of drug-likeness (QED) is 0.607. The Morgan fingerprint density at radius 1 is 1.00 bits per heavy atom. The van der Waals surface area contributed by atoms with E-state index < -0.39 is 0 Å². The van der Waals surface area contributed by atoms with Crippen LogP contribution in [0.4, 0.5) is 0 Å². The summed E-state index contributed by atoms with van der Waals surface area (Å²) in [5.74, 6) is 0.788. The van der Waals surface area contributed by atoms with Crippen LogP contribution >= 0.6 is 0 Å². The smallest absolute Gasteiger partial charge is 0.00790 e. The molecule has 0 unspecified atom stereocenters. The van der Waals surface area contributed by atoms with Crippen LogP contribution in [0.25, 0.3) is 0 Å². The maximum atomic E-state index is 3.52. The second kappa shape index (κ2) is 7.24. The molecule has 0 spiro atoms. The fraction of sp³-hybridized carbons (Fsp3) is 1.00. The molecular formula is C13H30N2. The molecule has 2 heteroatoms. The van der Waals surface area contributed by atoms with Gasteiger partial charge in [-0.25, -0.2) is 0 Å². The van der Waals surface area contributed by atoms with Gasteiger partial charge in [-0.3, -0.25) is 0 Å². The molecule has 0 heterocycles. The zero-order chi connectivity index (χ0) is 11.9. The van der Waals surface area contributed by atoms with Gasteiger partial charge in [0, 0.05) is 25.7 Å². The second-order valence-electron chi connectivity index (χ2n) is 6.05. The first-order valence-electron chi connectivity index (χ1n) is 6.27. The largest absolute Gasteiger partial charge is 0.315 e. The van der Waals surface area contributed by atoms with Gasteiger partial charge >= 0.3 is 0 Å². The third-order valence-electron chi connectivity index (χ3n) is 2.42. The van der Waals surface area contributed by atoms with Crippen LogP contribution in [0.15, 0.2) is 0 Å². The first-order valence-corrected chi connectivity index (χ1v) is 6.27.